The maximum absolute atomic E-state index is 14.5. The fourth-order valence-corrected chi connectivity index (χ4v) is 7.46. The molecular weight excluding hydrogens is 628 g/mol. The Balaban J connectivity index is 1.44. The molecule has 1 heterocycles. The van der Waals surface area contributed by atoms with Crippen molar-refractivity contribution in [1.82, 2.24) is 20.0 Å². The number of carbonyl (C=O) groups is 5. The predicted molar refractivity (Wildman–Crippen MR) is 181 cm³/mol. The van der Waals surface area contributed by atoms with Gasteiger partial charge in [0.2, 0.25) is 11.8 Å². The van der Waals surface area contributed by atoms with Crippen molar-refractivity contribution in [2.75, 3.05) is 20.7 Å². The van der Waals surface area contributed by atoms with Crippen LogP contribution in [0.1, 0.15) is 83.4 Å². The summed E-state index contributed by atoms with van der Waals surface area (Å²) >= 11 is 0. The summed E-state index contributed by atoms with van der Waals surface area (Å²) in [7, 11) is 2.75. The second kappa shape index (κ2) is 14.5. The molecule has 49 heavy (non-hydrogen) atoms. The van der Waals surface area contributed by atoms with Gasteiger partial charge in [0.15, 0.2) is 0 Å². The van der Waals surface area contributed by atoms with E-state index >= 15 is 0 Å². The number of fused-ring (bicyclic) bond motifs is 3. The first-order valence-electron chi connectivity index (χ1n) is 17.1. The molecule has 2 N–H and O–H groups in total. The van der Waals surface area contributed by atoms with Gasteiger partial charge in [0, 0.05) is 20.0 Å². The van der Waals surface area contributed by atoms with Crippen LogP contribution in [-0.4, -0.2) is 100 Å². The molecule has 2 aliphatic carbocycles. The van der Waals surface area contributed by atoms with E-state index in [9.17, 15) is 29.1 Å². The number of rotatable bonds is 8. The lowest BCUT2D eigenvalue weighted by Gasteiger charge is -2.36. The molecule has 2 fully saturated rings. The average molecular weight is 677 g/mol. The molecule has 12 nitrogen and oxygen atoms in total. The molecule has 2 aromatic rings. The quantitative estimate of drug-likeness (QED) is 0.388. The Bertz CT molecular complexity index is 1540. The molecule has 1 saturated carbocycles. The van der Waals surface area contributed by atoms with Gasteiger partial charge in [-0.15, -0.1) is 0 Å². The van der Waals surface area contributed by atoms with Crippen molar-refractivity contribution in [3.05, 3.63) is 59.7 Å². The number of carboxylic acid groups (broad SMARTS) is 1. The van der Waals surface area contributed by atoms with E-state index in [1.54, 1.807) is 32.6 Å². The Morgan fingerprint density at radius 3 is 2.02 bits per heavy atom. The third-order valence-electron chi connectivity index (χ3n) is 10.0. The zero-order valence-electron chi connectivity index (χ0n) is 29.2. The van der Waals surface area contributed by atoms with E-state index in [0.717, 1.165) is 41.5 Å². The van der Waals surface area contributed by atoms with Gasteiger partial charge in [0.1, 0.15) is 23.7 Å². The summed E-state index contributed by atoms with van der Waals surface area (Å²) in [6, 6.07) is 11.1. The van der Waals surface area contributed by atoms with E-state index in [2.05, 4.69) is 5.32 Å². The van der Waals surface area contributed by atoms with Crippen molar-refractivity contribution < 1.29 is 38.6 Å². The highest BCUT2D eigenvalue weighted by molar-refractivity contribution is 5.93. The highest BCUT2D eigenvalue weighted by Gasteiger charge is 2.49. The number of methoxy groups -OCH3 is 1. The van der Waals surface area contributed by atoms with E-state index < -0.39 is 65.8 Å². The van der Waals surface area contributed by atoms with E-state index in [1.165, 1.54) is 24.0 Å². The fraction of sp³-hybridized carbons (Fsp3) is 0.541. The van der Waals surface area contributed by atoms with Gasteiger partial charge >= 0.3 is 18.2 Å². The minimum Gasteiger partial charge on any atom is -0.480 e. The summed E-state index contributed by atoms with van der Waals surface area (Å²) in [5, 5.41) is 13.3. The molecule has 1 saturated heterocycles. The van der Waals surface area contributed by atoms with Crippen molar-refractivity contribution in [3.8, 4) is 11.1 Å². The standard InChI is InChI=1S/C37H48N4O8/c1-22(39(5)35(46)49-37(2,3)4)32(42)38-30(23-14-8-7-9-15-23)33(43)40-21-24(20-29(40)34(44)45)41(36(47)48-6)31-27-18-12-10-16-25(27)26-17-11-13-19-28(26)31/h10-13,16-19,22-24,29-31H,7-9,14-15,20-21H2,1-6H3,(H,38,42)(H,44,45)/t22-,24-,29-,30-/m0/s1. The Kier molecular flexibility index (Phi) is 10.5. The number of carboxylic acids is 1. The Labute approximate surface area is 287 Å². The molecule has 12 heteroatoms. The minimum absolute atomic E-state index is 0.0138. The van der Waals surface area contributed by atoms with Crippen LogP contribution in [0.3, 0.4) is 0 Å². The lowest BCUT2D eigenvalue weighted by atomic mass is 9.83. The number of aliphatic carboxylic acids is 1. The molecule has 2 aromatic carbocycles. The third kappa shape index (κ3) is 7.38. The van der Waals surface area contributed by atoms with Crippen LogP contribution < -0.4 is 5.32 Å². The summed E-state index contributed by atoms with van der Waals surface area (Å²) < 4.78 is 10.7. The number of carbonyl (C=O) groups excluding carboxylic acids is 4. The van der Waals surface area contributed by atoms with Gasteiger partial charge in [-0.1, -0.05) is 67.8 Å². The molecule has 4 amide bonds. The van der Waals surface area contributed by atoms with Gasteiger partial charge < -0.3 is 24.8 Å². The summed E-state index contributed by atoms with van der Waals surface area (Å²) in [4.78, 5) is 71.4. The number of amides is 4. The first kappa shape index (κ1) is 35.7. The van der Waals surface area contributed by atoms with E-state index in [4.69, 9.17) is 9.47 Å². The lowest BCUT2D eigenvalue weighted by molar-refractivity contribution is -0.150. The van der Waals surface area contributed by atoms with Crippen LogP contribution in [0.4, 0.5) is 9.59 Å². The van der Waals surface area contributed by atoms with Crippen molar-refractivity contribution in [1.29, 1.82) is 0 Å². The molecule has 0 aromatic heterocycles. The summed E-state index contributed by atoms with van der Waals surface area (Å²) in [5.74, 6) is -2.47. The molecule has 0 spiro atoms. The summed E-state index contributed by atoms with van der Waals surface area (Å²) in [6.07, 6.45) is 2.81. The van der Waals surface area contributed by atoms with Gasteiger partial charge in [-0.2, -0.15) is 0 Å². The largest absolute Gasteiger partial charge is 0.480 e. The zero-order valence-corrected chi connectivity index (χ0v) is 29.2. The highest BCUT2D eigenvalue weighted by Crippen LogP contribution is 2.48. The normalized spacial score (nSPS) is 20.4. The summed E-state index contributed by atoms with van der Waals surface area (Å²) in [5.41, 5.74) is 2.97. The first-order valence-corrected chi connectivity index (χ1v) is 17.1. The smallest absolute Gasteiger partial charge is 0.410 e. The third-order valence-corrected chi connectivity index (χ3v) is 10.0. The number of likely N-dealkylation sites (tertiary alicyclic amines) is 1. The maximum Gasteiger partial charge on any atom is 0.410 e. The van der Waals surface area contributed by atoms with Crippen molar-refractivity contribution in [3.63, 3.8) is 0 Å². The number of hydrogen-bond acceptors (Lipinski definition) is 7. The van der Waals surface area contributed by atoms with Gasteiger partial charge in [-0.05, 0) is 68.7 Å². The van der Waals surface area contributed by atoms with Crippen LogP contribution >= 0.6 is 0 Å². The molecule has 0 radical (unpaired) electrons. The molecular formula is C37H48N4O8. The summed E-state index contributed by atoms with van der Waals surface area (Å²) in [6.45, 7) is 6.69. The molecule has 5 rings (SSSR count). The Morgan fingerprint density at radius 2 is 1.49 bits per heavy atom. The van der Waals surface area contributed by atoms with E-state index in [1.807, 2.05) is 48.5 Å². The van der Waals surface area contributed by atoms with Crippen molar-refractivity contribution in [2.45, 2.75) is 102 Å². The van der Waals surface area contributed by atoms with E-state index in [0.29, 0.717) is 12.8 Å². The molecule has 3 aliphatic rings. The highest BCUT2D eigenvalue weighted by atomic mass is 16.6. The molecule has 4 atom stereocenters. The van der Waals surface area contributed by atoms with Crippen LogP contribution in [0.15, 0.2) is 48.5 Å². The van der Waals surface area contributed by atoms with E-state index in [-0.39, 0.29) is 18.9 Å². The zero-order chi connectivity index (χ0) is 35.6. The number of nitrogens with zero attached hydrogens (tertiary/aromatic N) is 3. The fourth-order valence-electron chi connectivity index (χ4n) is 7.46. The van der Waals surface area contributed by atoms with Gasteiger partial charge in [-0.3, -0.25) is 19.4 Å². The number of nitrogens with one attached hydrogen (secondary N) is 1. The number of benzene rings is 2. The Morgan fingerprint density at radius 1 is 0.918 bits per heavy atom. The topological polar surface area (TPSA) is 146 Å². The number of likely N-dealkylation sites (N-methyl/N-ethyl adjacent to an activating group) is 1. The lowest BCUT2D eigenvalue weighted by Crippen LogP contribution is -2.58. The molecule has 264 valence electrons. The Hall–Kier alpha value is -4.61. The number of hydrogen-bond donors (Lipinski definition) is 2. The van der Waals surface area contributed by atoms with Gasteiger partial charge in [0.05, 0.1) is 19.2 Å². The van der Waals surface area contributed by atoms with Crippen LogP contribution in [0.25, 0.3) is 11.1 Å². The molecule has 1 aliphatic heterocycles. The minimum atomic E-state index is -1.23. The van der Waals surface area contributed by atoms with Gasteiger partial charge in [0.25, 0.3) is 0 Å². The SMILES string of the molecule is COC(=O)N(C1c2ccccc2-c2ccccc21)[C@H]1C[C@@H](C(=O)O)N(C(=O)[C@@H](NC(=O)[C@H](C)N(C)C(=O)OC(C)(C)C)C2CCCCC2)C1. The van der Waals surface area contributed by atoms with Crippen LogP contribution in [0.5, 0.6) is 0 Å². The molecule has 0 unspecified atom stereocenters. The van der Waals surface area contributed by atoms with Crippen molar-refractivity contribution >= 4 is 30.0 Å². The van der Waals surface area contributed by atoms with Crippen LogP contribution in [0, 0.1) is 5.92 Å². The van der Waals surface area contributed by atoms with Crippen LogP contribution in [0.2, 0.25) is 0 Å². The maximum atomic E-state index is 14.5. The second-order valence-corrected chi connectivity index (χ2v) is 14.3. The second-order valence-electron chi connectivity index (χ2n) is 14.3. The van der Waals surface area contributed by atoms with Crippen LogP contribution in [-0.2, 0) is 23.9 Å². The monoisotopic (exact) mass is 676 g/mol. The predicted octanol–water partition coefficient (Wildman–Crippen LogP) is 5.20. The number of ether oxygens (including phenoxy) is 2. The van der Waals surface area contributed by atoms with Crippen molar-refractivity contribution in [2.24, 2.45) is 5.92 Å². The van der Waals surface area contributed by atoms with Gasteiger partial charge in [-0.25, -0.2) is 14.4 Å². The average Bonchev–Trinajstić information content (AvgIpc) is 3.66. The molecule has 0 bridgehead atoms. The first-order chi connectivity index (χ1) is 23.2.